The van der Waals surface area contributed by atoms with E-state index < -0.39 is 0 Å². The van der Waals surface area contributed by atoms with E-state index in [1.54, 1.807) is 40.1 Å². The second-order valence-corrected chi connectivity index (χ2v) is 9.38. The van der Waals surface area contributed by atoms with Crippen molar-refractivity contribution in [3.8, 4) is 0 Å². The Balaban J connectivity index is 1.40. The molecule has 0 spiro atoms. The van der Waals surface area contributed by atoms with Gasteiger partial charge < -0.3 is 9.80 Å². The Morgan fingerprint density at radius 3 is 2.28 bits per heavy atom. The highest BCUT2D eigenvalue weighted by molar-refractivity contribution is 7.13. The second kappa shape index (κ2) is 9.57. The van der Waals surface area contributed by atoms with Crippen LogP contribution in [0.25, 0.3) is 0 Å². The Bertz CT molecular complexity index is 1160. The molecular weight excluding hydrogens is 472 g/mol. The van der Waals surface area contributed by atoms with E-state index in [2.05, 4.69) is 4.98 Å². The van der Waals surface area contributed by atoms with Gasteiger partial charge in [-0.25, -0.2) is 9.37 Å². The number of aromatic nitrogens is 1. The summed E-state index contributed by atoms with van der Waals surface area (Å²) in [5, 5.41) is 1.39. The van der Waals surface area contributed by atoms with Gasteiger partial charge in [-0.15, -0.1) is 11.3 Å². The topological polar surface area (TPSA) is 53.5 Å². The van der Waals surface area contributed by atoms with Gasteiger partial charge in [-0.2, -0.15) is 0 Å². The maximum atomic E-state index is 13.1. The predicted octanol–water partition coefficient (Wildman–Crippen LogP) is 5.09. The summed E-state index contributed by atoms with van der Waals surface area (Å²) >= 11 is 13.6. The highest BCUT2D eigenvalue weighted by Crippen LogP contribution is 2.27. The van der Waals surface area contributed by atoms with Gasteiger partial charge in [0.2, 0.25) is 0 Å². The number of hydrogen-bond acceptors (Lipinski definition) is 4. The molecule has 2 amide bonds. The highest BCUT2D eigenvalue weighted by Gasteiger charge is 2.28. The number of halogens is 3. The number of hydrogen-bond donors (Lipinski definition) is 0. The molecule has 0 radical (unpaired) electrons. The third-order valence-corrected chi connectivity index (χ3v) is 7.30. The molecule has 4 rings (SSSR count). The number of benzene rings is 2. The molecule has 1 saturated heterocycles. The van der Waals surface area contributed by atoms with Crippen molar-refractivity contribution in [2.75, 3.05) is 26.2 Å². The normalized spacial score (nSPS) is 14.0. The molecule has 1 aromatic heterocycles. The van der Waals surface area contributed by atoms with Crippen LogP contribution in [-0.4, -0.2) is 52.8 Å². The van der Waals surface area contributed by atoms with Gasteiger partial charge in [-0.3, -0.25) is 9.59 Å². The Labute approximate surface area is 199 Å². The number of piperazine rings is 1. The number of carbonyl (C=O) groups excluding carboxylic acids is 2. The first-order valence-electron chi connectivity index (χ1n) is 10.1. The third-order valence-electron chi connectivity index (χ3n) is 5.34. The van der Waals surface area contributed by atoms with Crippen LogP contribution >= 0.6 is 34.5 Å². The number of carbonyl (C=O) groups is 2. The van der Waals surface area contributed by atoms with Crippen molar-refractivity contribution in [3.63, 3.8) is 0 Å². The maximum absolute atomic E-state index is 13.1. The van der Waals surface area contributed by atoms with Crippen molar-refractivity contribution in [3.05, 3.63) is 85.0 Å². The molecule has 1 aliphatic rings. The second-order valence-electron chi connectivity index (χ2n) is 7.51. The molecule has 32 heavy (non-hydrogen) atoms. The zero-order chi connectivity index (χ0) is 22.8. The van der Waals surface area contributed by atoms with Gasteiger partial charge in [0, 0.05) is 32.6 Å². The minimum absolute atomic E-state index is 0.0850. The van der Waals surface area contributed by atoms with Crippen LogP contribution in [-0.2, 0) is 6.42 Å². The summed E-state index contributed by atoms with van der Waals surface area (Å²) in [7, 11) is 0. The molecule has 0 atom stereocenters. The molecule has 166 valence electrons. The van der Waals surface area contributed by atoms with Gasteiger partial charge in [0.1, 0.15) is 10.7 Å². The lowest BCUT2D eigenvalue weighted by Crippen LogP contribution is -2.50. The van der Waals surface area contributed by atoms with E-state index in [4.69, 9.17) is 23.2 Å². The Morgan fingerprint density at radius 2 is 1.62 bits per heavy atom. The molecule has 2 heterocycles. The molecule has 1 fully saturated rings. The van der Waals surface area contributed by atoms with E-state index in [0.717, 1.165) is 10.6 Å². The van der Waals surface area contributed by atoms with E-state index in [9.17, 15) is 14.0 Å². The van der Waals surface area contributed by atoms with E-state index in [-0.39, 0.29) is 22.7 Å². The largest absolute Gasteiger partial charge is 0.335 e. The van der Waals surface area contributed by atoms with Gasteiger partial charge >= 0.3 is 0 Å². The number of rotatable bonds is 4. The van der Waals surface area contributed by atoms with Crippen LogP contribution in [0.5, 0.6) is 0 Å². The van der Waals surface area contributed by atoms with Crippen LogP contribution in [0.1, 0.15) is 36.3 Å². The summed E-state index contributed by atoms with van der Waals surface area (Å²) in [6, 6.07) is 11.2. The molecule has 0 unspecified atom stereocenters. The summed E-state index contributed by atoms with van der Waals surface area (Å²) in [6.07, 6.45) is 0.543. The van der Waals surface area contributed by atoms with Crippen LogP contribution in [0.4, 0.5) is 4.39 Å². The molecule has 0 aliphatic carbocycles. The lowest BCUT2D eigenvalue weighted by Gasteiger charge is -2.34. The summed E-state index contributed by atoms with van der Waals surface area (Å²) in [6.45, 7) is 3.49. The smallest absolute Gasteiger partial charge is 0.265 e. The van der Waals surface area contributed by atoms with Gasteiger partial charge in [0.25, 0.3) is 11.8 Å². The van der Waals surface area contributed by atoms with Gasteiger partial charge in [0.05, 0.1) is 26.3 Å². The van der Waals surface area contributed by atoms with Crippen molar-refractivity contribution < 1.29 is 14.0 Å². The summed E-state index contributed by atoms with van der Waals surface area (Å²) in [5.74, 6) is -0.561. The Hall–Kier alpha value is -2.48. The minimum atomic E-state index is -0.282. The van der Waals surface area contributed by atoms with Crippen LogP contribution in [0.2, 0.25) is 10.0 Å². The maximum Gasteiger partial charge on any atom is 0.265 e. The van der Waals surface area contributed by atoms with Crippen molar-refractivity contribution in [1.82, 2.24) is 14.8 Å². The predicted molar refractivity (Wildman–Crippen MR) is 124 cm³/mol. The Kier molecular flexibility index (Phi) is 6.79. The molecule has 2 aromatic carbocycles. The van der Waals surface area contributed by atoms with E-state index >= 15 is 0 Å². The zero-order valence-electron chi connectivity index (χ0n) is 17.3. The minimum Gasteiger partial charge on any atom is -0.335 e. The number of aryl methyl sites for hydroxylation is 1. The first-order valence-corrected chi connectivity index (χ1v) is 11.6. The number of amides is 2. The lowest BCUT2D eigenvalue weighted by molar-refractivity contribution is 0.0537. The number of thiazole rings is 1. The van der Waals surface area contributed by atoms with Crippen LogP contribution in [0, 0.1) is 12.7 Å². The fourth-order valence-electron chi connectivity index (χ4n) is 3.60. The van der Waals surface area contributed by atoms with Gasteiger partial charge in [0.15, 0.2) is 0 Å². The summed E-state index contributed by atoms with van der Waals surface area (Å²) in [5.41, 5.74) is 1.98. The van der Waals surface area contributed by atoms with Crippen molar-refractivity contribution >= 4 is 46.4 Å². The van der Waals surface area contributed by atoms with Crippen LogP contribution < -0.4 is 0 Å². The molecule has 0 saturated carbocycles. The fraction of sp³-hybridized carbons (Fsp3) is 0.261. The quantitative estimate of drug-likeness (QED) is 0.510. The first kappa shape index (κ1) is 22.7. The molecule has 3 aromatic rings. The lowest BCUT2D eigenvalue weighted by atomic mass is 10.1. The van der Waals surface area contributed by atoms with Crippen molar-refractivity contribution in [1.29, 1.82) is 0 Å². The molecule has 1 aliphatic heterocycles. The van der Waals surface area contributed by atoms with Gasteiger partial charge in [-0.1, -0.05) is 41.4 Å². The highest BCUT2D eigenvalue weighted by atomic mass is 35.5. The van der Waals surface area contributed by atoms with Gasteiger partial charge in [-0.05, 0) is 36.8 Å². The fourth-order valence-corrected chi connectivity index (χ4v) is 5.05. The monoisotopic (exact) mass is 491 g/mol. The summed E-state index contributed by atoms with van der Waals surface area (Å²) < 4.78 is 13.1. The van der Waals surface area contributed by atoms with E-state index in [1.165, 1.54) is 23.5 Å². The average Bonchev–Trinajstić information content (AvgIpc) is 3.16. The van der Waals surface area contributed by atoms with Crippen molar-refractivity contribution in [2.45, 2.75) is 13.3 Å². The van der Waals surface area contributed by atoms with Crippen molar-refractivity contribution in [2.24, 2.45) is 0 Å². The zero-order valence-corrected chi connectivity index (χ0v) is 19.6. The standard InChI is InChI=1S/C23H20Cl2FN3O2S/c1-14-21(32-19(27-14)13-15-5-7-16(26)8-6-15)23(31)29-11-9-28(10-12-29)22(30)17-3-2-4-18(24)20(17)25/h2-8H,9-13H2,1H3. The Morgan fingerprint density at radius 1 is 1.00 bits per heavy atom. The number of nitrogens with zero attached hydrogens (tertiary/aromatic N) is 3. The molecule has 5 nitrogen and oxygen atoms in total. The van der Waals surface area contributed by atoms with E-state index in [1.807, 2.05) is 6.92 Å². The van der Waals surface area contributed by atoms with E-state index in [0.29, 0.717) is 53.8 Å². The van der Waals surface area contributed by atoms with Crippen LogP contribution in [0.3, 0.4) is 0 Å². The summed E-state index contributed by atoms with van der Waals surface area (Å²) in [4.78, 5) is 34.5. The van der Waals surface area contributed by atoms with Crippen LogP contribution in [0.15, 0.2) is 42.5 Å². The third kappa shape index (κ3) is 4.80. The molecule has 9 heteroatoms. The molecule has 0 bridgehead atoms. The SMILES string of the molecule is Cc1nc(Cc2ccc(F)cc2)sc1C(=O)N1CCN(C(=O)c2cccc(Cl)c2Cl)CC1. The molecular formula is C23H20Cl2FN3O2S. The molecule has 0 N–H and O–H groups in total. The average molecular weight is 492 g/mol. The first-order chi connectivity index (χ1) is 15.3.